The first kappa shape index (κ1) is 15.0. The van der Waals surface area contributed by atoms with Gasteiger partial charge in [-0.05, 0) is 17.9 Å². The minimum atomic E-state index is 0. The molecule has 0 unspecified atom stereocenters. The van der Waals surface area contributed by atoms with Crippen LogP contribution in [0.4, 0.5) is 5.69 Å². The average Bonchev–Trinajstić information content (AvgIpc) is 2.39. The zero-order chi connectivity index (χ0) is 11.9. The minimum Gasteiger partial charge on any atom is -0.385 e. The van der Waals surface area contributed by atoms with Gasteiger partial charge in [0.15, 0.2) is 0 Å². The van der Waals surface area contributed by atoms with E-state index in [4.69, 9.17) is 0 Å². The number of halogens is 1. The molecule has 1 N–H and O–H groups in total. The molecular weight excluding hydrogens is 286 g/mol. The molecule has 2 aromatic carbocycles. The van der Waals surface area contributed by atoms with Crippen molar-refractivity contribution in [1.29, 1.82) is 0 Å². The van der Waals surface area contributed by atoms with Crippen molar-refractivity contribution < 1.29 is 0 Å². The third-order valence-electron chi connectivity index (χ3n) is 3.14. The van der Waals surface area contributed by atoms with Crippen LogP contribution < -0.4 is 5.32 Å². The summed E-state index contributed by atoms with van der Waals surface area (Å²) in [4.78, 5) is 0. The van der Waals surface area contributed by atoms with Gasteiger partial charge in [-0.1, -0.05) is 62.6 Å². The van der Waals surface area contributed by atoms with Gasteiger partial charge in [0.1, 0.15) is 0 Å². The van der Waals surface area contributed by atoms with Crippen LogP contribution in [0.1, 0.15) is 32.6 Å². The van der Waals surface area contributed by atoms with Crippen LogP contribution in [0.25, 0.3) is 10.8 Å². The number of hydrogen-bond donors (Lipinski definition) is 1. The summed E-state index contributed by atoms with van der Waals surface area (Å²) >= 11 is 0. The van der Waals surface area contributed by atoms with Gasteiger partial charge in [-0.2, -0.15) is 0 Å². The zero-order valence-corrected chi connectivity index (χ0v) is 12.7. The molecule has 0 saturated heterocycles. The van der Waals surface area contributed by atoms with Crippen molar-refractivity contribution in [3.8, 4) is 0 Å². The van der Waals surface area contributed by atoms with Gasteiger partial charge >= 0.3 is 0 Å². The normalized spacial score (nSPS) is 10.1. The van der Waals surface area contributed by atoms with Gasteiger partial charge in [-0.3, -0.25) is 0 Å². The molecule has 2 rings (SSSR count). The van der Waals surface area contributed by atoms with E-state index in [-0.39, 0.29) is 17.0 Å². The molecule has 0 bridgehead atoms. The van der Waals surface area contributed by atoms with E-state index in [2.05, 4.69) is 54.7 Å². The van der Waals surface area contributed by atoms with Crippen molar-refractivity contribution >= 4 is 33.4 Å². The molecule has 0 aromatic heterocycles. The van der Waals surface area contributed by atoms with Crippen LogP contribution in [0.3, 0.4) is 0 Å². The lowest BCUT2D eigenvalue weighted by molar-refractivity contribution is 0.685. The van der Waals surface area contributed by atoms with E-state index in [0.29, 0.717) is 0 Å². The number of anilines is 1. The Morgan fingerprint density at radius 1 is 0.889 bits per heavy atom. The highest BCUT2D eigenvalue weighted by atomic mass is 79.9. The summed E-state index contributed by atoms with van der Waals surface area (Å²) in [6.07, 6.45) is 5.23. The molecule has 0 radical (unpaired) electrons. The first-order valence-corrected chi connectivity index (χ1v) is 6.63. The molecule has 2 aromatic rings. The molecule has 0 atom stereocenters. The molecule has 1 nitrogen and oxygen atoms in total. The maximum Gasteiger partial charge on any atom is 0.0419 e. The molecule has 0 aliphatic rings. The molecule has 98 valence electrons. The fourth-order valence-electron chi connectivity index (χ4n) is 2.15. The average molecular weight is 308 g/mol. The second kappa shape index (κ2) is 8.15. The molecule has 2 heteroatoms. The lowest BCUT2D eigenvalue weighted by atomic mass is 10.1. The number of hydrogen-bond acceptors (Lipinski definition) is 1. The maximum atomic E-state index is 3.55. The third kappa shape index (κ3) is 4.02. The van der Waals surface area contributed by atoms with Gasteiger partial charge in [0.25, 0.3) is 0 Å². The van der Waals surface area contributed by atoms with Crippen molar-refractivity contribution in [2.75, 3.05) is 11.9 Å². The Balaban J connectivity index is 0.00000162. The van der Waals surface area contributed by atoms with E-state index in [1.807, 2.05) is 0 Å². The Hall–Kier alpha value is -1.02. The van der Waals surface area contributed by atoms with Crippen LogP contribution in [0, 0.1) is 0 Å². The highest BCUT2D eigenvalue weighted by molar-refractivity contribution is 8.93. The summed E-state index contributed by atoms with van der Waals surface area (Å²) < 4.78 is 0. The third-order valence-corrected chi connectivity index (χ3v) is 3.14. The van der Waals surface area contributed by atoms with Crippen molar-refractivity contribution in [1.82, 2.24) is 0 Å². The summed E-state index contributed by atoms with van der Waals surface area (Å²) in [6, 6.07) is 15.0. The maximum absolute atomic E-state index is 3.55. The van der Waals surface area contributed by atoms with Gasteiger partial charge in [-0.25, -0.2) is 0 Å². The van der Waals surface area contributed by atoms with Crippen LogP contribution in [-0.4, -0.2) is 6.54 Å². The Bertz CT molecular complexity index is 462. The Kier molecular flexibility index (Phi) is 6.81. The lowest BCUT2D eigenvalue weighted by Gasteiger charge is -2.09. The van der Waals surface area contributed by atoms with Gasteiger partial charge in [0, 0.05) is 17.6 Å². The molecule has 0 fully saturated rings. The van der Waals surface area contributed by atoms with Gasteiger partial charge in [0.05, 0.1) is 0 Å². The largest absolute Gasteiger partial charge is 0.385 e. The molecular formula is C16H22BrN. The van der Waals surface area contributed by atoms with Gasteiger partial charge < -0.3 is 5.32 Å². The van der Waals surface area contributed by atoms with E-state index < -0.39 is 0 Å². The minimum absolute atomic E-state index is 0. The van der Waals surface area contributed by atoms with Gasteiger partial charge in [-0.15, -0.1) is 17.0 Å². The lowest BCUT2D eigenvalue weighted by Crippen LogP contribution is -2.01. The van der Waals surface area contributed by atoms with E-state index in [0.717, 1.165) is 6.54 Å². The fraction of sp³-hybridized carbons (Fsp3) is 0.375. The number of nitrogens with one attached hydrogen (secondary N) is 1. The van der Waals surface area contributed by atoms with Gasteiger partial charge in [0.2, 0.25) is 0 Å². The first-order valence-electron chi connectivity index (χ1n) is 6.63. The topological polar surface area (TPSA) is 12.0 Å². The van der Waals surface area contributed by atoms with E-state index >= 15 is 0 Å². The van der Waals surface area contributed by atoms with Crippen molar-refractivity contribution in [3.63, 3.8) is 0 Å². The van der Waals surface area contributed by atoms with Crippen LogP contribution in [0.2, 0.25) is 0 Å². The quantitative estimate of drug-likeness (QED) is 0.704. The number of benzene rings is 2. The number of rotatable bonds is 6. The predicted octanol–water partition coefficient (Wildman–Crippen LogP) is 5.41. The Labute approximate surface area is 120 Å². The summed E-state index contributed by atoms with van der Waals surface area (Å²) in [5.41, 5.74) is 1.26. The zero-order valence-electron chi connectivity index (χ0n) is 11.0. The second-order valence-electron chi connectivity index (χ2n) is 4.51. The number of fused-ring (bicyclic) bond motifs is 1. The monoisotopic (exact) mass is 307 g/mol. The second-order valence-corrected chi connectivity index (χ2v) is 4.51. The van der Waals surface area contributed by atoms with Crippen LogP contribution >= 0.6 is 17.0 Å². The molecule has 0 aliphatic carbocycles. The van der Waals surface area contributed by atoms with E-state index in [9.17, 15) is 0 Å². The molecule has 18 heavy (non-hydrogen) atoms. The predicted molar refractivity (Wildman–Crippen MR) is 86.9 cm³/mol. The van der Waals surface area contributed by atoms with Crippen molar-refractivity contribution in [2.24, 2.45) is 0 Å². The van der Waals surface area contributed by atoms with E-state index in [1.165, 1.54) is 42.1 Å². The summed E-state index contributed by atoms with van der Waals surface area (Å²) in [5, 5.41) is 6.18. The van der Waals surface area contributed by atoms with E-state index in [1.54, 1.807) is 0 Å². The van der Waals surface area contributed by atoms with Crippen molar-refractivity contribution in [2.45, 2.75) is 32.6 Å². The molecule has 0 saturated carbocycles. The molecule has 0 heterocycles. The van der Waals surface area contributed by atoms with Crippen molar-refractivity contribution in [3.05, 3.63) is 42.5 Å². The van der Waals surface area contributed by atoms with Crippen LogP contribution in [0.5, 0.6) is 0 Å². The fourth-order valence-corrected chi connectivity index (χ4v) is 2.15. The number of unbranched alkanes of at least 4 members (excludes halogenated alkanes) is 3. The Morgan fingerprint density at radius 3 is 2.50 bits per heavy atom. The molecule has 0 amide bonds. The summed E-state index contributed by atoms with van der Waals surface area (Å²) in [5.74, 6) is 0. The summed E-state index contributed by atoms with van der Waals surface area (Å²) in [7, 11) is 0. The SMILES string of the molecule is Br.CCCCCCNc1cccc2ccccc12. The Morgan fingerprint density at radius 2 is 1.67 bits per heavy atom. The standard InChI is InChI=1S/C16H21N.BrH/c1-2-3-4-7-13-17-16-12-8-10-14-9-5-6-11-15(14)16;/h5-6,8-12,17H,2-4,7,13H2,1H3;1H. The van der Waals surface area contributed by atoms with Crippen LogP contribution in [0.15, 0.2) is 42.5 Å². The highest BCUT2D eigenvalue weighted by Gasteiger charge is 1.98. The van der Waals surface area contributed by atoms with Crippen LogP contribution in [-0.2, 0) is 0 Å². The molecule has 0 spiro atoms. The summed E-state index contributed by atoms with van der Waals surface area (Å²) in [6.45, 7) is 3.33. The molecule has 0 aliphatic heterocycles. The smallest absolute Gasteiger partial charge is 0.0419 e. The first-order chi connectivity index (χ1) is 8.42. The highest BCUT2D eigenvalue weighted by Crippen LogP contribution is 2.22.